The smallest absolute Gasteiger partial charge is 0.296 e. The van der Waals surface area contributed by atoms with Gasteiger partial charge in [-0.2, -0.15) is 0 Å². The first kappa shape index (κ1) is 14.7. The maximum Gasteiger partial charge on any atom is 0.296 e. The summed E-state index contributed by atoms with van der Waals surface area (Å²) in [7, 11) is 0. The van der Waals surface area contributed by atoms with Gasteiger partial charge >= 0.3 is 0 Å². The Morgan fingerprint density at radius 2 is 1.96 bits per heavy atom. The van der Waals surface area contributed by atoms with Crippen molar-refractivity contribution in [1.29, 1.82) is 0 Å². The molecule has 1 N–H and O–H groups in total. The van der Waals surface area contributed by atoms with Crippen LogP contribution in [0.2, 0.25) is 0 Å². The lowest BCUT2D eigenvalue weighted by molar-refractivity contribution is -0.384. The van der Waals surface area contributed by atoms with Gasteiger partial charge < -0.3 is 14.8 Å². The molecule has 23 heavy (non-hydrogen) atoms. The summed E-state index contributed by atoms with van der Waals surface area (Å²) in [6, 6.07) is 2.62. The zero-order valence-corrected chi connectivity index (χ0v) is 11.9. The molecule has 118 valence electrons. The number of nitrogens with one attached hydrogen (secondary N) is 1. The van der Waals surface area contributed by atoms with Crippen LogP contribution in [-0.4, -0.2) is 34.0 Å². The molecule has 1 amide bonds. The number of benzene rings is 1. The highest BCUT2D eigenvalue weighted by Gasteiger charge is 2.23. The van der Waals surface area contributed by atoms with Crippen LogP contribution < -0.4 is 14.8 Å². The standard InChI is InChI=1S/C14H12N4O5/c19-14(10-8-15-2-3-16-10)17-9-6-12-13(7-11(9)18(20)21)23-5-1-4-22-12/h2-3,6-8H,1,4-5H2,(H,17,19). The molecule has 1 aromatic carbocycles. The quantitative estimate of drug-likeness (QED) is 0.677. The van der Waals surface area contributed by atoms with Gasteiger partial charge in [-0.05, 0) is 0 Å². The molecule has 9 nitrogen and oxygen atoms in total. The maximum atomic E-state index is 12.1. The number of rotatable bonds is 3. The molecule has 0 radical (unpaired) electrons. The predicted molar refractivity (Wildman–Crippen MR) is 78.7 cm³/mol. The molecule has 0 saturated heterocycles. The Balaban J connectivity index is 1.95. The van der Waals surface area contributed by atoms with Gasteiger partial charge in [-0.25, -0.2) is 4.98 Å². The number of fused-ring (bicyclic) bond motifs is 1. The van der Waals surface area contributed by atoms with E-state index in [-0.39, 0.29) is 22.8 Å². The fraction of sp³-hybridized carbons (Fsp3) is 0.214. The van der Waals surface area contributed by atoms with Crippen LogP contribution in [0.25, 0.3) is 0 Å². The molecule has 1 aliphatic heterocycles. The highest BCUT2D eigenvalue weighted by atomic mass is 16.6. The van der Waals surface area contributed by atoms with E-state index in [1.54, 1.807) is 0 Å². The van der Waals surface area contributed by atoms with Gasteiger partial charge in [0.05, 0.1) is 30.4 Å². The van der Waals surface area contributed by atoms with Gasteiger partial charge in [0.15, 0.2) is 11.5 Å². The summed E-state index contributed by atoms with van der Waals surface area (Å²) in [6.07, 6.45) is 4.72. The normalized spacial score (nSPS) is 13.0. The molecule has 0 spiro atoms. The van der Waals surface area contributed by atoms with Crippen molar-refractivity contribution in [2.45, 2.75) is 6.42 Å². The lowest BCUT2D eigenvalue weighted by Crippen LogP contribution is -2.15. The Morgan fingerprint density at radius 1 is 1.22 bits per heavy atom. The highest BCUT2D eigenvalue weighted by Crippen LogP contribution is 2.39. The van der Waals surface area contributed by atoms with E-state index in [2.05, 4.69) is 15.3 Å². The SMILES string of the molecule is O=C(Nc1cc2c(cc1[N+](=O)[O-])OCCCO2)c1cnccn1. The number of nitro benzene ring substituents is 1. The number of carbonyl (C=O) groups excluding carboxylic acids is 1. The molecule has 0 bridgehead atoms. The molecule has 0 atom stereocenters. The van der Waals surface area contributed by atoms with Crippen molar-refractivity contribution < 1.29 is 19.2 Å². The number of anilines is 1. The third-order valence-electron chi connectivity index (χ3n) is 3.11. The Kier molecular flexibility index (Phi) is 4.00. The van der Waals surface area contributed by atoms with Crippen LogP contribution >= 0.6 is 0 Å². The molecule has 2 aromatic rings. The minimum Gasteiger partial charge on any atom is -0.489 e. The molecule has 2 heterocycles. The zero-order valence-electron chi connectivity index (χ0n) is 11.9. The van der Waals surface area contributed by atoms with E-state index in [1.165, 1.54) is 30.7 Å². The van der Waals surface area contributed by atoms with Crippen molar-refractivity contribution in [1.82, 2.24) is 9.97 Å². The topological polar surface area (TPSA) is 116 Å². The first-order valence-corrected chi connectivity index (χ1v) is 6.80. The van der Waals surface area contributed by atoms with Crippen molar-refractivity contribution in [3.8, 4) is 11.5 Å². The monoisotopic (exact) mass is 316 g/mol. The van der Waals surface area contributed by atoms with Crippen LogP contribution in [0.4, 0.5) is 11.4 Å². The van der Waals surface area contributed by atoms with Gasteiger partial charge in [0.25, 0.3) is 11.6 Å². The van der Waals surface area contributed by atoms with Crippen LogP contribution in [0, 0.1) is 10.1 Å². The number of amides is 1. The van der Waals surface area contributed by atoms with E-state index in [0.717, 1.165) is 0 Å². The molecule has 0 unspecified atom stereocenters. The van der Waals surface area contributed by atoms with Crippen molar-refractivity contribution in [2.24, 2.45) is 0 Å². The van der Waals surface area contributed by atoms with E-state index in [0.29, 0.717) is 25.4 Å². The van der Waals surface area contributed by atoms with Crippen molar-refractivity contribution in [3.05, 3.63) is 46.5 Å². The van der Waals surface area contributed by atoms with Gasteiger partial charge in [0, 0.05) is 24.9 Å². The highest BCUT2D eigenvalue weighted by molar-refractivity contribution is 6.04. The van der Waals surface area contributed by atoms with Crippen molar-refractivity contribution >= 4 is 17.3 Å². The number of nitro groups is 1. The average molecular weight is 316 g/mol. The second kappa shape index (κ2) is 6.26. The van der Waals surface area contributed by atoms with E-state index in [1.807, 2.05) is 0 Å². The molecule has 0 saturated carbocycles. The Morgan fingerprint density at radius 3 is 2.61 bits per heavy atom. The minimum atomic E-state index is -0.601. The zero-order chi connectivity index (χ0) is 16.2. The Hall–Kier alpha value is -3.23. The predicted octanol–water partition coefficient (Wildman–Crippen LogP) is 1.80. The summed E-state index contributed by atoms with van der Waals surface area (Å²) in [6.45, 7) is 0.845. The van der Waals surface area contributed by atoms with Gasteiger partial charge in [0.2, 0.25) is 0 Å². The van der Waals surface area contributed by atoms with Gasteiger partial charge in [-0.3, -0.25) is 19.9 Å². The van der Waals surface area contributed by atoms with E-state index in [4.69, 9.17) is 9.47 Å². The summed E-state index contributed by atoms with van der Waals surface area (Å²) in [5.74, 6) is 0.0323. The molecule has 0 fully saturated rings. The molecule has 9 heteroatoms. The fourth-order valence-electron chi connectivity index (χ4n) is 2.05. The minimum absolute atomic E-state index is 0.00917. The summed E-state index contributed by atoms with van der Waals surface area (Å²) in [5, 5.41) is 13.7. The van der Waals surface area contributed by atoms with E-state index >= 15 is 0 Å². The van der Waals surface area contributed by atoms with Crippen LogP contribution in [0.1, 0.15) is 16.9 Å². The first-order chi connectivity index (χ1) is 11.1. The summed E-state index contributed by atoms with van der Waals surface area (Å²) < 4.78 is 10.9. The molecule has 1 aromatic heterocycles. The lowest BCUT2D eigenvalue weighted by atomic mass is 10.2. The lowest BCUT2D eigenvalue weighted by Gasteiger charge is -2.11. The molecule has 0 aliphatic carbocycles. The van der Waals surface area contributed by atoms with Crippen molar-refractivity contribution in [3.63, 3.8) is 0 Å². The number of nitrogens with zero attached hydrogens (tertiary/aromatic N) is 3. The van der Waals surface area contributed by atoms with Gasteiger partial charge in [0.1, 0.15) is 11.4 Å². The van der Waals surface area contributed by atoms with Crippen LogP contribution in [0.5, 0.6) is 11.5 Å². The van der Waals surface area contributed by atoms with Crippen LogP contribution in [0.3, 0.4) is 0 Å². The van der Waals surface area contributed by atoms with E-state index in [9.17, 15) is 14.9 Å². The fourth-order valence-corrected chi connectivity index (χ4v) is 2.05. The first-order valence-electron chi connectivity index (χ1n) is 6.80. The van der Waals surface area contributed by atoms with Gasteiger partial charge in [-0.1, -0.05) is 0 Å². The number of aromatic nitrogens is 2. The van der Waals surface area contributed by atoms with Crippen LogP contribution in [0.15, 0.2) is 30.7 Å². The maximum absolute atomic E-state index is 12.1. The second-order valence-electron chi connectivity index (χ2n) is 4.67. The van der Waals surface area contributed by atoms with Crippen LogP contribution in [-0.2, 0) is 0 Å². The molecular weight excluding hydrogens is 304 g/mol. The third-order valence-corrected chi connectivity index (χ3v) is 3.11. The third kappa shape index (κ3) is 3.18. The molecular formula is C14H12N4O5. The second-order valence-corrected chi connectivity index (χ2v) is 4.67. The van der Waals surface area contributed by atoms with Gasteiger partial charge in [-0.15, -0.1) is 0 Å². The van der Waals surface area contributed by atoms with Crippen molar-refractivity contribution in [2.75, 3.05) is 18.5 Å². The number of hydrogen-bond acceptors (Lipinski definition) is 7. The molecule has 3 rings (SSSR count). The number of carbonyl (C=O) groups is 1. The Bertz CT molecular complexity index is 750. The Labute approximate surface area is 130 Å². The largest absolute Gasteiger partial charge is 0.489 e. The number of hydrogen-bond donors (Lipinski definition) is 1. The summed E-state index contributed by atoms with van der Waals surface area (Å²) in [5.41, 5.74) is -0.227. The number of ether oxygens (including phenoxy) is 2. The average Bonchev–Trinajstić information content (AvgIpc) is 2.79. The van der Waals surface area contributed by atoms with E-state index < -0.39 is 10.8 Å². The summed E-state index contributed by atoms with van der Waals surface area (Å²) >= 11 is 0. The summed E-state index contributed by atoms with van der Waals surface area (Å²) in [4.78, 5) is 30.4. The molecule has 1 aliphatic rings.